The Kier molecular flexibility index (Phi) is 8.50. The third-order valence-electron chi connectivity index (χ3n) is 6.56. The number of rotatable bonds is 10. The molecule has 0 unspecified atom stereocenters. The van der Waals surface area contributed by atoms with Crippen molar-refractivity contribution in [1.82, 2.24) is 25.5 Å². The SMILES string of the molecule is Cc1cccc(N(C(=O)Cn2nnc(-c3cccs3)n2)[C@@H](C(=O)NCc2ccccc2)c2ccc(N(C)C)cc2)c1. The Hall–Kier alpha value is -4.83. The zero-order valence-electron chi connectivity index (χ0n) is 23.1. The Morgan fingerprint density at radius 2 is 1.71 bits per heavy atom. The summed E-state index contributed by atoms with van der Waals surface area (Å²) in [5.41, 5.74) is 4.19. The molecule has 5 rings (SSSR count). The number of carbonyl (C=O) groups is 2. The number of amides is 2. The summed E-state index contributed by atoms with van der Waals surface area (Å²) in [6.45, 7) is 2.09. The molecule has 0 fully saturated rings. The summed E-state index contributed by atoms with van der Waals surface area (Å²) in [4.78, 5) is 33.7. The van der Waals surface area contributed by atoms with Gasteiger partial charge in [-0.05, 0) is 64.5 Å². The quantitative estimate of drug-likeness (QED) is 0.260. The standard InChI is InChI=1S/C31H31N7O2S/c1-22-9-7-12-26(19-22)38(28(39)21-37-34-30(33-35-37)27-13-8-18-41-27)29(24-14-16-25(17-15-24)36(2)3)31(40)32-20-23-10-5-4-6-11-23/h4-19,29H,20-21H2,1-3H3,(H,32,40)/t29-/m1/s1. The number of aromatic nitrogens is 4. The van der Waals surface area contributed by atoms with Crippen molar-refractivity contribution in [2.24, 2.45) is 0 Å². The highest BCUT2D eigenvalue weighted by molar-refractivity contribution is 7.13. The summed E-state index contributed by atoms with van der Waals surface area (Å²) in [6.07, 6.45) is 0. The molecule has 0 saturated carbocycles. The minimum Gasteiger partial charge on any atom is -0.378 e. The maximum Gasteiger partial charge on any atom is 0.251 e. The number of hydrogen-bond acceptors (Lipinski definition) is 7. The summed E-state index contributed by atoms with van der Waals surface area (Å²) >= 11 is 1.50. The molecule has 2 aromatic heterocycles. The monoisotopic (exact) mass is 565 g/mol. The van der Waals surface area contributed by atoms with E-state index >= 15 is 0 Å². The Balaban J connectivity index is 1.52. The van der Waals surface area contributed by atoms with Crippen molar-refractivity contribution in [2.45, 2.75) is 26.1 Å². The molecular formula is C31H31N7O2S. The van der Waals surface area contributed by atoms with Gasteiger partial charge >= 0.3 is 0 Å². The number of benzene rings is 3. The predicted molar refractivity (Wildman–Crippen MR) is 162 cm³/mol. The molecule has 9 nitrogen and oxygen atoms in total. The van der Waals surface area contributed by atoms with Crippen LogP contribution in [-0.2, 0) is 22.7 Å². The molecule has 0 aliphatic heterocycles. The maximum atomic E-state index is 14.1. The minimum absolute atomic E-state index is 0.190. The summed E-state index contributed by atoms with van der Waals surface area (Å²) in [7, 11) is 3.91. The molecule has 1 N–H and O–H groups in total. The van der Waals surface area contributed by atoms with Gasteiger partial charge in [-0.1, -0.05) is 60.7 Å². The Labute approximate surface area is 243 Å². The van der Waals surface area contributed by atoms with Crippen LogP contribution in [0.3, 0.4) is 0 Å². The van der Waals surface area contributed by atoms with E-state index in [1.165, 1.54) is 21.0 Å². The van der Waals surface area contributed by atoms with Crippen LogP contribution in [0.2, 0.25) is 0 Å². The molecule has 10 heteroatoms. The second-order valence-electron chi connectivity index (χ2n) is 9.82. The van der Waals surface area contributed by atoms with Gasteiger partial charge < -0.3 is 10.2 Å². The molecule has 208 valence electrons. The van der Waals surface area contributed by atoms with Crippen LogP contribution in [0.5, 0.6) is 0 Å². The van der Waals surface area contributed by atoms with Crippen LogP contribution in [0.4, 0.5) is 11.4 Å². The van der Waals surface area contributed by atoms with Crippen LogP contribution >= 0.6 is 11.3 Å². The first-order valence-corrected chi connectivity index (χ1v) is 14.1. The van der Waals surface area contributed by atoms with Gasteiger partial charge in [0, 0.05) is 32.0 Å². The summed E-state index contributed by atoms with van der Waals surface area (Å²) in [5.74, 6) is -0.194. The van der Waals surface area contributed by atoms with Crippen LogP contribution < -0.4 is 15.1 Å². The summed E-state index contributed by atoms with van der Waals surface area (Å²) < 4.78 is 0. The lowest BCUT2D eigenvalue weighted by molar-refractivity contribution is -0.127. The molecule has 0 radical (unpaired) electrons. The van der Waals surface area contributed by atoms with Gasteiger partial charge in [0.2, 0.25) is 11.7 Å². The van der Waals surface area contributed by atoms with Crippen molar-refractivity contribution in [3.05, 3.63) is 113 Å². The first kappa shape index (κ1) is 27.7. The van der Waals surface area contributed by atoms with Gasteiger partial charge in [-0.2, -0.15) is 4.80 Å². The number of carbonyl (C=O) groups excluding carboxylic acids is 2. The van der Waals surface area contributed by atoms with Gasteiger partial charge in [-0.25, -0.2) is 0 Å². The van der Waals surface area contributed by atoms with Crippen molar-refractivity contribution >= 4 is 34.5 Å². The average molecular weight is 566 g/mol. The smallest absolute Gasteiger partial charge is 0.251 e. The van der Waals surface area contributed by atoms with Crippen molar-refractivity contribution in [3.63, 3.8) is 0 Å². The van der Waals surface area contributed by atoms with E-state index in [0.717, 1.165) is 21.7 Å². The van der Waals surface area contributed by atoms with Gasteiger partial charge in [0.15, 0.2) is 0 Å². The number of aryl methyl sites for hydroxylation is 1. The zero-order valence-corrected chi connectivity index (χ0v) is 24.0. The molecule has 0 spiro atoms. The first-order valence-electron chi connectivity index (χ1n) is 13.2. The number of tetrazole rings is 1. The molecule has 41 heavy (non-hydrogen) atoms. The molecule has 0 aliphatic carbocycles. The van der Waals surface area contributed by atoms with Crippen LogP contribution in [0, 0.1) is 6.92 Å². The highest BCUT2D eigenvalue weighted by Gasteiger charge is 2.33. The largest absolute Gasteiger partial charge is 0.378 e. The van der Waals surface area contributed by atoms with Crippen LogP contribution in [-0.4, -0.2) is 46.1 Å². The fraction of sp³-hybridized carbons (Fsp3) is 0.194. The molecule has 2 heterocycles. The van der Waals surface area contributed by atoms with Crippen LogP contribution in [0.1, 0.15) is 22.7 Å². The fourth-order valence-electron chi connectivity index (χ4n) is 4.48. The number of anilines is 2. The molecular weight excluding hydrogens is 534 g/mol. The lowest BCUT2D eigenvalue weighted by atomic mass is 10.0. The fourth-order valence-corrected chi connectivity index (χ4v) is 5.13. The zero-order chi connectivity index (χ0) is 28.8. The lowest BCUT2D eigenvalue weighted by Crippen LogP contribution is -2.45. The van der Waals surface area contributed by atoms with E-state index in [1.807, 2.05) is 122 Å². The van der Waals surface area contributed by atoms with Crippen molar-refractivity contribution < 1.29 is 9.59 Å². The van der Waals surface area contributed by atoms with Crippen molar-refractivity contribution in [1.29, 1.82) is 0 Å². The number of thiophene rings is 1. The molecule has 5 aromatic rings. The van der Waals surface area contributed by atoms with Gasteiger partial charge in [0.05, 0.1) is 4.88 Å². The summed E-state index contributed by atoms with van der Waals surface area (Å²) in [6, 6.07) is 27.8. The number of hydrogen-bond donors (Lipinski definition) is 1. The summed E-state index contributed by atoms with van der Waals surface area (Å²) in [5, 5.41) is 17.6. The van der Waals surface area contributed by atoms with E-state index in [9.17, 15) is 9.59 Å². The Morgan fingerprint density at radius 3 is 2.39 bits per heavy atom. The van der Waals surface area contributed by atoms with Gasteiger partial charge in [0.25, 0.3) is 5.91 Å². The molecule has 0 bridgehead atoms. The molecule has 2 amide bonds. The van der Waals surface area contributed by atoms with Crippen LogP contribution in [0.15, 0.2) is 96.4 Å². The van der Waals surface area contributed by atoms with E-state index in [1.54, 1.807) is 0 Å². The minimum atomic E-state index is -0.940. The Bertz CT molecular complexity index is 1600. The van der Waals surface area contributed by atoms with E-state index in [4.69, 9.17) is 0 Å². The average Bonchev–Trinajstić information content (AvgIpc) is 3.68. The van der Waals surface area contributed by atoms with E-state index < -0.39 is 6.04 Å². The van der Waals surface area contributed by atoms with Crippen LogP contribution in [0.25, 0.3) is 10.7 Å². The van der Waals surface area contributed by atoms with Crippen molar-refractivity contribution in [2.75, 3.05) is 23.9 Å². The molecule has 0 saturated heterocycles. The number of nitrogens with one attached hydrogen (secondary N) is 1. The maximum absolute atomic E-state index is 14.1. The highest BCUT2D eigenvalue weighted by atomic mass is 32.1. The van der Waals surface area contributed by atoms with Gasteiger partial charge in [0.1, 0.15) is 12.6 Å². The van der Waals surface area contributed by atoms with E-state index in [2.05, 4.69) is 20.7 Å². The van der Waals surface area contributed by atoms with E-state index in [-0.39, 0.29) is 18.4 Å². The highest BCUT2D eigenvalue weighted by Crippen LogP contribution is 2.30. The Morgan fingerprint density at radius 1 is 0.927 bits per heavy atom. The van der Waals surface area contributed by atoms with Gasteiger partial charge in [-0.3, -0.25) is 14.5 Å². The second-order valence-corrected chi connectivity index (χ2v) is 10.8. The third kappa shape index (κ3) is 6.67. The first-order chi connectivity index (χ1) is 19.9. The van der Waals surface area contributed by atoms with Crippen molar-refractivity contribution in [3.8, 4) is 10.7 Å². The topological polar surface area (TPSA) is 96.2 Å². The van der Waals surface area contributed by atoms with E-state index in [0.29, 0.717) is 23.6 Å². The predicted octanol–water partition coefficient (Wildman–Crippen LogP) is 4.87. The third-order valence-corrected chi connectivity index (χ3v) is 7.43. The lowest BCUT2D eigenvalue weighted by Gasteiger charge is -2.32. The second kappa shape index (κ2) is 12.6. The molecule has 0 aliphatic rings. The molecule has 1 atom stereocenters. The molecule has 3 aromatic carbocycles. The normalized spacial score (nSPS) is 11.6. The number of nitrogens with zero attached hydrogens (tertiary/aromatic N) is 6. The van der Waals surface area contributed by atoms with Gasteiger partial charge in [-0.15, -0.1) is 21.5 Å².